The first-order valence-electron chi connectivity index (χ1n) is 7.28. The summed E-state index contributed by atoms with van der Waals surface area (Å²) in [6.07, 6.45) is 0. The van der Waals surface area contributed by atoms with Crippen LogP contribution in [0, 0.1) is 0 Å². The molecular weight excluding hydrogens is 315 g/mol. The van der Waals surface area contributed by atoms with Gasteiger partial charge in [-0.2, -0.15) is 0 Å². The molecule has 1 saturated heterocycles. The molecule has 1 aliphatic heterocycles. The number of benzene rings is 2. The van der Waals surface area contributed by atoms with E-state index in [4.69, 9.17) is 9.79 Å². The summed E-state index contributed by atoms with van der Waals surface area (Å²) in [5.74, 6) is 0. The van der Waals surface area contributed by atoms with Crippen molar-refractivity contribution in [2.75, 3.05) is 19.9 Å². The molecule has 0 bridgehead atoms. The van der Waals surface area contributed by atoms with Gasteiger partial charge in [0.1, 0.15) is 6.73 Å². The van der Waals surface area contributed by atoms with E-state index in [2.05, 4.69) is 9.84 Å². The van der Waals surface area contributed by atoms with E-state index in [9.17, 15) is 4.57 Å². The number of rotatable bonds is 5. The Morgan fingerprint density at radius 2 is 1.57 bits per heavy atom. The van der Waals surface area contributed by atoms with Gasteiger partial charge >= 0.3 is 7.82 Å². The van der Waals surface area contributed by atoms with Gasteiger partial charge in [0.25, 0.3) is 0 Å². The van der Waals surface area contributed by atoms with E-state index in [0.717, 1.165) is 11.1 Å². The molecule has 7 heteroatoms. The normalized spacial score (nSPS) is 18.2. The molecule has 0 amide bonds. The van der Waals surface area contributed by atoms with Gasteiger partial charge in [-0.1, -0.05) is 60.7 Å². The van der Waals surface area contributed by atoms with E-state index in [-0.39, 0.29) is 6.73 Å². The van der Waals surface area contributed by atoms with Crippen molar-refractivity contribution >= 4 is 7.82 Å². The molecule has 0 saturated carbocycles. The molecule has 122 valence electrons. The minimum atomic E-state index is -4.47. The minimum absolute atomic E-state index is 0.126. The van der Waals surface area contributed by atoms with Crippen molar-refractivity contribution in [1.29, 1.82) is 0 Å². The van der Waals surface area contributed by atoms with Crippen LogP contribution in [0.1, 0.15) is 11.1 Å². The molecule has 0 unspecified atom stereocenters. The second kappa shape index (κ2) is 6.53. The van der Waals surface area contributed by atoms with Crippen molar-refractivity contribution in [3.05, 3.63) is 71.8 Å². The molecule has 1 aliphatic rings. The van der Waals surface area contributed by atoms with Crippen molar-refractivity contribution in [3.8, 4) is 0 Å². The van der Waals surface area contributed by atoms with Crippen LogP contribution in [-0.2, 0) is 14.6 Å². The third kappa shape index (κ3) is 3.70. The summed E-state index contributed by atoms with van der Waals surface area (Å²) in [6, 6.07) is 20.1. The van der Waals surface area contributed by atoms with E-state index in [1.54, 1.807) is 0 Å². The van der Waals surface area contributed by atoms with Gasteiger partial charge in [0.15, 0.2) is 0 Å². The van der Waals surface area contributed by atoms with E-state index >= 15 is 0 Å². The quantitative estimate of drug-likeness (QED) is 0.724. The van der Waals surface area contributed by atoms with Crippen LogP contribution in [0.4, 0.5) is 0 Å². The summed E-state index contributed by atoms with van der Waals surface area (Å²) in [5, 5.41) is 3.48. The first-order chi connectivity index (χ1) is 11.0. The Balaban J connectivity index is 1.89. The number of hydrogen-bond acceptors (Lipinski definition) is 4. The first-order valence-corrected chi connectivity index (χ1v) is 8.81. The van der Waals surface area contributed by atoms with Crippen molar-refractivity contribution in [2.45, 2.75) is 5.54 Å². The molecule has 2 aromatic carbocycles. The smallest absolute Gasteiger partial charge is 0.303 e. The van der Waals surface area contributed by atoms with Gasteiger partial charge in [0.05, 0.1) is 12.2 Å². The van der Waals surface area contributed by atoms with Gasteiger partial charge < -0.3 is 9.79 Å². The third-order valence-corrected chi connectivity index (χ3v) is 4.46. The van der Waals surface area contributed by atoms with Crippen LogP contribution >= 0.6 is 7.82 Å². The van der Waals surface area contributed by atoms with Crippen LogP contribution in [0.3, 0.4) is 0 Å². The summed E-state index contributed by atoms with van der Waals surface area (Å²) in [4.78, 5) is 19.6. The summed E-state index contributed by atoms with van der Waals surface area (Å²) in [6.45, 7) is 0.906. The molecule has 0 radical (unpaired) electrons. The standard InChI is InChI=1S/C16H19N2O4P/c19-23(20,21)22-13-18-11-16(17-12-18,14-7-3-1-4-8-14)15-9-5-2-6-10-15/h1-10,17H,11-13H2,(H2,19,20,21). The average molecular weight is 334 g/mol. The lowest BCUT2D eigenvalue weighted by molar-refractivity contribution is 0.105. The van der Waals surface area contributed by atoms with Gasteiger partial charge in [-0.15, -0.1) is 0 Å². The fraction of sp³-hybridized carbons (Fsp3) is 0.250. The molecule has 23 heavy (non-hydrogen) atoms. The molecule has 0 aliphatic carbocycles. The Kier molecular flexibility index (Phi) is 4.64. The highest BCUT2D eigenvalue weighted by molar-refractivity contribution is 7.46. The topological polar surface area (TPSA) is 82.0 Å². The predicted octanol–water partition coefficient (Wildman–Crippen LogP) is 1.86. The second-order valence-electron chi connectivity index (χ2n) is 5.55. The van der Waals surface area contributed by atoms with E-state index in [1.807, 2.05) is 65.6 Å². The zero-order chi connectivity index (χ0) is 16.3. The molecule has 0 aromatic heterocycles. The third-order valence-electron chi connectivity index (χ3n) is 4.01. The molecule has 2 aromatic rings. The van der Waals surface area contributed by atoms with E-state index in [0.29, 0.717) is 13.2 Å². The molecule has 0 spiro atoms. The summed E-state index contributed by atoms with van der Waals surface area (Å²) >= 11 is 0. The number of nitrogens with zero attached hydrogens (tertiary/aromatic N) is 1. The second-order valence-corrected chi connectivity index (χ2v) is 6.79. The van der Waals surface area contributed by atoms with Crippen LogP contribution in [0.2, 0.25) is 0 Å². The minimum Gasteiger partial charge on any atom is -0.303 e. The fourth-order valence-corrected chi connectivity index (χ4v) is 3.25. The summed E-state index contributed by atoms with van der Waals surface area (Å²) < 4.78 is 15.5. The van der Waals surface area contributed by atoms with E-state index in [1.165, 1.54) is 0 Å². The van der Waals surface area contributed by atoms with Gasteiger partial charge in [0.2, 0.25) is 0 Å². The number of phosphoric ester groups is 1. The Labute approximate surface area is 135 Å². The lowest BCUT2D eigenvalue weighted by Gasteiger charge is -2.31. The fourth-order valence-electron chi connectivity index (χ4n) is 2.94. The maximum atomic E-state index is 10.9. The highest BCUT2D eigenvalue weighted by atomic mass is 31.2. The van der Waals surface area contributed by atoms with Gasteiger partial charge in [-0.25, -0.2) is 4.57 Å². The highest BCUT2D eigenvalue weighted by Gasteiger charge is 2.41. The van der Waals surface area contributed by atoms with Crippen LogP contribution in [0.5, 0.6) is 0 Å². The zero-order valence-corrected chi connectivity index (χ0v) is 13.4. The number of hydrogen-bond donors (Lipinski definition) is 3. The number of nitrogens with one attached hydrogen (secondary N) is 1. The highest BCUT2D eigenvalue weighted by Crippen LogP contribution is 2.38. The maximum absolute atomic E-state index is 10.9. The molecule has 1 heterocycles. The first kappa shape index (κ1) is 16.3. The Bertz CT molecular complexity index is 650. The number of phosphoric acid groups is 1. The Morgan fingerprint density at radius 3 is 2.04 bits per heavy atom. The molecular formula is C16H19N2O4P. The molecule has 6 nitrogen and oxygen atoms in total. The van der Waals surface area contributed by atoms with Crippen molar-refractivity contribution in [2.24, 2.45) is 0 Å². The zero-order valence-electron chi connectivity index (χ0n) is 12.5. The maximum Gasteiger partial charge on any atom is 0.470 e. The van der Waals surface area contributed by atoms with Crippen LogP contribution in [0.15, 0.2) is 60.7 Å². The van der Waals surface area contributed by atoms with Crippen LogP contribution in [-0.4, -0.2) is 34.6 Å². The molecule has 1 fully saturated rings. The van der Waals surface area contributed by atoms with Gasteiger partial charge in [-0.3, -0.25) is 14.7 Å². The lowest BCUT2D eigenvalue weighted by atomic mass is 9.83. The van der Waals surface area contributed by atoms with Crippen LogP contribution < -0.4 is 5.32 Å². The Morgan fingerprint density at radius 1 is 1.04 bits per heavy atom. The molecule has 0 atom stereocenters. The van der Waals surface area contributed by atoms with Crippen molar-refractivity contribution < 1.29 is 18.9 Å². The SMILES string of the molecule is O=P(O)(O)OCN1CNC(c2ccccc2)(c2ccccc2)C1. The van der Waals surface area contributed by atoms with Crippen LogP contribution in [0.25, 0.3) is 0 Å². The lowest BCUT2D eigenvalue weighted by Crippen LogP contribution is -2.40. The molecule has 3 N–H and O–H groups in total. The largest absolute Gasteiger partial charge is 0.470 e. The predicted molar refractivity (Wildman–Crippen MR) is 86.4 cm³/mol. The monoisotopic (exact) mass is 334 g/mol. The molecule has 3 rings (SSSR count). The van der Waals surface area contributed by atoms with Gasteiger partial charge in [-0.05, 0) is 11.1 Å². The van der Waals surface area contributed by atoms with E-state index < -0.39 is 13.4 Å². The van der Waals surface area contributed by atoms with Crippen molar-refractivity contribution in [1.82, 2.24) is 10.2 Å². The summed E-state index contributed by atoms with van der Waals surface area (Å²) in [5.41, 5.74) is 1.77. The van der Waals surface area contributed by atoms with Gasteiger partial charge in [0, 0.05) is 6.54 Å². The average Bonchev–Trinajstić information content (AvgIpc) is 3.00. The van der Waals surface area contributed by atoms with Crippen molar-refractivity contribution in [3.63, 3.8) is 0 Å². The summed E-state index contributed by atoms with van der Waals surface area (Å²) in [7, 11) is -4.47. The Hall–Kier alpha value is -1.53.